The molecule has 19 heavy (non-hydrogen) atoms. The summed E-state index contributed by atoms with van der Waals surface area (Å²) in [4.78, 5) is 11.8. The highest BCUT2D eigenvalue weighted by Gasteiger charge is 2.12. The molecule has 1 aliphatic heterocycles. The largest absolute Gasteiger partial charge is 0.304 e. The SMILES string of the molecule is Cc1ccnc(CN2CCN(C)CCN(C)CC2)c1. The molecule has 106 valence electrons. The van der Waals surface area contributed by atoms with E-state index in [1.54, 1.807) is 0 Å². The van der Waals surface area contributed by atoms with Crippen molar-refractivity contribution in [2.24, 2.45) is 0 Å². The second kappa shape index (κ2) is 6.98. The minimum Gasteiger partial charge on any atom is -0.304 e. The monoisotopic (exact) mass is 262 g/mol. The van der Waals surface area contributed by atoms with Crippen LogP contribution in [-0.4, -0.2) is 73.0 Å². The summed E-state index contributed by atoms with van der Waals surface area (Å²) < 4.78 is 0. The van der Waals surface area contributed by atoms with Crippen LogP contribution in [0.15, 0.2) is 18.3 Å². The van der Waals surface area contributed by atoms with Crippen LogP contribution in [0.4, 0.5) is 0 Å². The molecule has 0 aromatic carbocycles. The van der Waals surface area contributed by atoms with Crippen molar-refractivity contribution in [1.29, 1.82) is 0 Å². The van der Waals surface area contributed by atoms with Crippen LogP contribution in [0.5, 0.6) is 0 Å². The van der Waals surface area contributed by atoms with Crippen molar-refractivity contribution in [1.82, 2.24) is 19.7 Å². The van der Waals surface area contributed by atoms with Gasteiger partial charge in [0.15, 0.2) is 0 Å². The summed E-state index contributed by atoms with van der Waals surface area (Å²) in [7, 11) is 4.42. The van der Waals surface area contributed by atoms with Crippen LogP contribution in [0, 0.1) is 6.92 Å². The average molecular weight is 262 g/mol. The second-order valence-corrected chi connectivity index (χ2v) is 5.71. The van der Waals surface area contributed by atoms with Gasteiger partial charge in [-0.1, -0.05) is 0 Å². The van der Waals surface area contributed by atoms with E-state index in [1.807, 2.05) is 6.20 Å². The topological polar surface area (TPSA) is 22.6 Å². The first-order chi connectivity index (χ1) is 9.13. The Balaban J connectivity index is 1.96. The fourth-order valence-corrected chi connectivity index (χ4v) is 2.37. The Labute approximate surface area is 117 Å². The Morgan fingerprint density at radius 1 is 1.00 bits per heavy atom. The minimum absolute atomic E-state index is 0.962. The zero-order valence-corrected chi connectivity index (χ0v) is 12.5. The lowest BCUT2D eigenvalue weighted by molar-refractivity contribution is 0.226. The van der Waals surface area contributed by atoms with Crippen LogP contribution in [0.1, 0.15) is 11.3 Å². The van der Waals surface area contributed by atoms with E-state index >= 15 is 0 Å². The molecule has 1 aromatic rings. The molecule has 0 bridgehead atoms. The van der Waals surface area contributed by atoms with E-state index in [1.165, 1.54) is 11.3 Å². The van der Waals surface area contributed by atoms with Crippen LogP contribution >= 0.6 is 0 Å². The molecule has 0 spiro atoms. The average Bonchev–Trinajstić information content (AvgIpc) is 2.45. The van der Waals surface area contributed by atoms with Crippen molar-refractivity contribution in [3.8, 4) is 0 Å². The molecule has 1 aromatic heterocycles. The molecule has 4 nitrogen and oxygen atoms in total. The van der Waals surface area contributed by atoms with Crippen molar-refractivity contribution >= 4 is 0 Å². The summed E-state index contributed by atoms with van der Waals surface area (Å²) in [6.07, 6.45) is 1.92. The van der Waals surface area contributed by atoms with Gasteiger partial charge in [-0.15, -0.1) is 0 Å². The van der Waals surface area contributed by atoms with Crippen molar-refractivity contribution in [2.75, 3.05) is 53.4 Å². The maximum absolute atomic E-state index is 4.48. The highest BCUT2D eigenvalue weighted by Crippen LogP contribution is 2.06. The van der Waals surface area contributed by atoms with Gasteiger partial charge in [-0.25, -0.2) is 0 Å². The van der Waals surface area contributed by atoms with Crippen LogP contribution in [0.2, 0.25) is 0 Å². The number of hydrogen-bond donors (Lipinski definition) is 0. The molecule has 1 aliphatic rings. The zero-order valence-electron chi connectivity index (χ0n) is 12.5. The third-order valence-corrected chi connectivity index (χ3v) is 3.82. The maximum atomic E-state index is 4.48. The van der Waals surface area contributed by atoms with E-state index in [9.17, 15) is 0 Å². The van der Waals surface area contributed by atoms with Crippen molar-refractivity contribution in [2.45, 2.75) is 13.5 Å². The predicted molar refractivity (Wildman–Crippen MR) is 79.2 cm³/mol. The van der Waals surface area contributed by atoms with Crippen molar-refractivity contribution < 1.29 is 0 Å². The molecule has 4 heteroatoms. The van der Waals surface area contributed by atoms with Gasteiger partial charge in [-0.05, 0) is 38.7 Å². The quantitative estimate of drug-likeness (QED) is 0.795. The predicted octanol–water partition coefficient (Wildman–Crippen LogP) is 1.07. The molecule has 0 unspecified atom stereocenters. The Kier molecular flexibility index (Phi) is 5.31. The number of aryl methyl sites for hydroxylation is 1. The van der Waals surface area contributed by atoms with Crippen LogP contribution < -0.4 is 0 Å². The molecule has 0 aliphatic carbocycles. The first kappa shape index (κ1) is 14.4. The van der Waals surface area contributed by atoms with Crippen molar-refractivity contribution in [3.05, 3.63) is 29.6 Å². The zero-order chi connectivity index (χ0) is 13.7. The second-order valence-electron chi connectivity index (χ2n) is 5.71. The van der Waals surface area contributed by atoms with Gasteiger partial charge in [0.25, 0.3) is 0 Å². The summed E-state index contributed by atoms with van der Waals surface area (Å²) in [5.41, 5.74) is 2.48. The highest BCUT2D eigenvalue weighted by atomic mass is 15.2. The summed E-state index contributed by atoms with van der Waals surface area (Å²) in [5.74, 6) is 0. The van der Waals surface area contributed by atoms with Gasteiger partial charge < -0.3 is 9.80 Å². The van der Waals surface area contributed by atoms with Gasteiger partial charge >= 0.3 is 0 Å². The fraction of sp³-hybridized carbons (Fsp3) is 0.667. The lowest BCUT2D eigenvalue weighted by atomic mass is 10.2. The molecule has 0 saturated carbocycles. The smallest absolute Gasteiger partial charge is 0.0546 e. The van der Waals surface area contributed by atoms with E-state index in [0.717, 1.165) is 45.8 Å². The Morgan fingerprint density at radius 2 is 1.58 bits per heavy atom. The third kappa shape index (κ3) is 4.90. The number of nitrogens with zero attached hydrogens (tertiary/aromatic N) is 4. The molecule has 2 rings (SSSR count). The molecule has 1 fully saturated rings. The number of pyridine rings is 1. The van der Waals surface area contributed by atoms with Gasteiger partial charge in [-0.2, -0.15) is 0 Å². The lowest BCUT2D eigenvalue weighted by Crippen LogP contribution is -2.34. The number of hydrogen-bond acceptors (Lipinski definition) is 4. The summed E-state index contributed by atoms with van der Waals surface area (Å²) in [5, 5.41) is 0. The fourth-order valence-electron chi connectivity index (χ4n) is 2.37. The summed E-state index contributed by atoms with van der Waals surface area (Å²) >= 11 is 0. The van der Waals surface area contributed by atoms with Crippen LogP contribution in [-0.2, 0) is 6.54 Å². The van der Waals surface area contributed by atoms with Gasteiger partial charge in [-0.3, -0.25) is 9.88 Å². The first-order valence-corrected chi connectivity index (χ1v) is 7.14. The molecule has 2 heterocycles. The standard InChI is InChI=1S/C15H26N4/c1-14-4-5-16-15(12-14)13-19-10-8-17(2)6-7-18(3)9-11-19/h4-5,12H,6-11,13H2,1-3H3. The molecule has 1 saturated heterocycles. The molecule has 0 amide bonds. The molecule has 0 atom stereocenters. The van der Waals surface area contributed by atoms with Gasteiger partial charge in [0.1, 0.15) is 0 Å². The van der Waals surface area contributed by atoms with Gasteiger partial charge in [0, 0.05) is 52.0 Å². The Bertz CT molecular complexity index is 379. The molecule has 0 N–H and O–H groups in total. The van der Waals surface area contributed by atoms with Gasteiger partial charge in [0.2, 0.25) is 0 Å². The van der Waals surface area contributed by atoms with E-state index in [2.05, 4.69) is 52.8 Å². The summed E-state index contributed by atoms with van der Waals surface area (Å²) in [6, 6.07) is 4.25. The van der Waals surface area contributed by atoms with E-state index < -0.39 is 0 Å². The minimum atomic E-state index is 0.962. The first-order valence-electron chi connectivity index (χ1n) is 7.14. The Morgan fingerprint density at radius 3 is 2.16 bits per heavy atom. The van der Waals surface area contributed by atoms with Crippen LogP contribution in [0.25, 0.3) is 0 Å². The number of rotatable bonds is 2. The van der Waals surface area contributed by atoms with Crippen molar-refractivity contribution in [3.63, 3.8) is 0 Å². The molecular weight excluding hydrogens is 236 g/mol. The van der Waals surface area contributed by atoms with E-state index in [0.29, 0.717) is 0 Å². The number of likely N-dealkylation sites (N-methyl/N-ethyl adjacent to an activating group) is 2. The van der Waals surface area contributed by atoms with E-state index in [4.69, 9.17) is 0 Å². The normalized spacial score (nSPS) is 20.8. The van der Waals surface area contributed by atoms with Gasteiger partial charge in [0.05, 0.1) is 5.69 Å². The summed E-state index contributed by atoms with van der Waals surface area (Å²) in [6.45, 7) is 9.94. The third-order valence-electron chi connectivity index (χ3n) is 3.82. The highest BCUT2D eigenvalue weighted by molar-refractivity contribution is 5.14. The molecular formula is C15H26N4. The Hall–Kier alpha value is -0.970. The molecule has 0 radical (unpaired) electrons. The van der Waals surface area contributed by atoms with E-state index in [-0.39, 0.29) is 0 Å². The lowest BCUT2D eigenvalue weighted by Gasteiger charge is -2.23. The maximum Gasteiger partial charge on any atom is 0.0546 e. The number of aromatic nitrogens is 1. The van der Waals surface area contributed by atoms with Crippen LogP contribution in [0.3, 0.4) is 0 Å².